The number of anilines is 2. The number of nitrogens with zero attached hydrogens (tertiary/aromatic N) is 2. The minimum absolute atomic E-state index is 0.309. The zero-order valence-corrected chi connectivity index (χ0v) is 32.5. The Balaban J connectivity index is 1.72. The van der Waals surface area contributed by atoms with Gasteiger partial charge in [0.15, 0.2) is 0 Å². The molecule has 0 N–H and O–H groups in total. The van der Waals surface area contributed by atoms with Crippen LogP contribution in [0, 0.1) is 0 Å². The lowest BCUT2D eigenvalue weighted by molar-refractivity contribution is 0.0904. The van der Waals surface area contributed by atoms with Crippen molar-refractivity contribution in [1.82, 2.24) is 0 Å². The molecule has 8 nitrogen and oxygen atoms in total. The lowest BCUT2D eigenvalue weighted by Crippen LogP contribution is -2.35. The van der Waals surface area contributed by atoms with Gasteiger partial charge in [-0.2, -0.15) is 0 Å². The van der Waals surface area contributed by atoms with Gasteiger partial charge in [-0.25, -0.2) is 18.2 Å². The van der Waals surface area contributed by atoms with E-state index in [9.17, 15) is 27.6 Å². The summed E-state index contributed by atoms with van der Waals surface area (Å²) < 4.78 is 28.3. The third kappa shape index (κ3) is 5.27. The molecule has 0 fully saturated rings. The van der Waals surface area contributed by atoms with E-state index < -0.39 is 117 Å². The van der Waals surface area contributed by atoms with Gasteiger partial charge in [-0.3, -0.25) is 19.2 Å². The molecule has 6 rings (SSSR count). The van der Waals surface area contributed by atoms with E-state index in [1.54, 1.807) is 0 Å². The number of benzene rings is 4. The highest BCUT2D eigenvalue weighted by Gasteiger charge is 2.49. The molecule has 0 unspecified atom stereocenters. The Morgan fingerprint density at radius 3 is 1.14 bits per heavy atom. The SMILES string of the molecule is O=C1c2c(Cl)c(Cl)c(Cl)c(Cl)c2C(=O)N1c1cc(Cl)c(S(=O)(=O)c2c(Cl)cccc2Cl)c(Cl)c1N1C(=O)c2c(Cl)c(Cl)c(Cl)c(Cl)c2C1=O. The molecule has 2 aliphatic heterocycles. The van der Waals surface area contributed by atoms with E-state index in [0.717, 1.165) is 6.07 Å². The maximum absolute atomic E-state index is 14.2. The van der Waals surface area contributed by atoms with E-state index in [1.807, 2.05) is 0 Å². The predicted molar refractivity (Wildman–Crippen MR) is 194 cm³/mol. The summed E-state index contributed by atoms with van der Waals surface area (Å²) >= 11 is 75.7. The van der Waals surface area contributed by atoms with Gasteiger partial charge >= 0.3 is 0 Å². The van der Waals surface area contributed by atoms with Gasteiger partial charge in [0, 0.05) is 0 Å². The molecule has 4 aromatic rings. The molecule has 2 aliphatic rings. The highest BCUT2D eigenvalue weighted by molar-refractivity contribution is 7.92. The predicted octanol–water partition coefficient (Wildman–Crippen LogP) is 12.0. The molecule has 252 valence electrons. The van der Waals surface area contributed by atoms with E-state index in [0.29, 0.717) is 9.80 Å². The zero-order valence-electron chi connectivity index (χ0n) is 22.6. The minimum atomic E-state index is -4.93. The maximum atomic E-state index is 14.2. The van der Waals surface area contributed by atoms with E-state index in [2.05, 4.69) is 0 Å². The van der Waals surface area contributed by atoms with Gasteiger partial charge in [0.2, 0.25) is 9.84 Å². The molecule has 4 aromatic carbocycles. The fourth-order valence-electron chi connectivity index (χ4n) is 5.17. The van der Waals surface area contributed by atoms with Crippen molar-refractivity contribution in [3.8, 4) is 0 Å². The largest absolute Gasteiger partial charge is 0.268 e. The standard InChI is InChI=1S/C28H4Cl12N2O6S/c29-5-2-1-3-6(30)23(5)49(47,48)24-7(31)4-8(41-25(43)9-10(26(41)44)14(33)18(37)17(36)13(9)32)22(21(24)40)42-27(45)11-12(28(42)46)16(35)20(39)19(38)15(11)34/h1-4H. The van der Waals surface area contributed by atoms with Crippen LogP contribution in [0.1, 0.15) is 41.4 Å². The van der Waals surface area contributed by atoms with E-state index >= 15 is 0 Å². The molecule has 0 spiro atoms. The van der Waals surface area contributed by atoms with Crippen molar-refractivity contribution in [1.29, 1.82) is 0 Å². The van der Waals surface area contributed by atoms with Gasteiger partial charge < -0.3 is 0 Å². The lowest BCUT2D eigenvalue weighted by Gasteiger charge is -2.26. The van der Waals surface area contributed by atoms with Crippen molar-refractivity contribution in [2.75, 3.05) is 9.80 Å². The molecule has 2 heterocycles. The van der Waals surface area contributed by atoms with Crippen molar-refractivity contribution in [3.05, 3.63) is 107 Å². The number of halogens is 12. The zero-order chi connectivity index (χ0) is 36.3. The van der Waals surface area contributed by atoms with Crippen LogP contribution in [0.4, 0.5) is 11.4 Å². The average Bonchev–Trinajstić information content (AvgIpc) is 3.44. The average molecular weight is 922 g/mol. The summed E-state index contributed by atoms with van der Waals surface area (Å²) in [6.07, 6.45) is 0. The Morgan fingerprint density at radius 2 is 0.776 bits per heavy atom. The molecule has 0 saturated carbocycles. The molecule has 0 aromatic heterocycles. The maximum Gasteiger partial charge on any atom is 0.267 e. The third-order valence-corrected chi connectivity index (χ3v) is 14.5. The fourth-order valence-corrected chi connectivity index (χ4v) is 10.8. The number of imide groups is 2. The van der Waals surface area contributed by atoms with E-state index in [-0.39, 0.29) is 20.1 Å². The van der Waals surface area contributed by atoms with Gasteiger partial charge in [-0.1, -0.05) is 145 Å². The number of sulfone groups is 1. The number of amides is 4. The smallest absolute Gasteiger partial charge is 0.267 e. The van der Waals surface area contributed by atoms with Crippen LogP contribution >= 0.6 is 139 Å². The van der Waals surface area contributed by atoms with Crippen LogP contribution in [0.5, 0.6) is 0 Å². The lowest BCUT2D eigenvalue weighted by atomic mass is 10.1. The first-order valence-corrected chi connectivity index (χ1v) is 18.5. The molecule has 4 amide bonds. The summed E-state index contributed by atoms with van der Waals surface area (Å²) in [5.41, 5.74) is -3.73. The first kappa shape index (κ1) is 37.4. The number of carbonyl (C=O) groups is 4. The molecule has 0 aliphatic carbocycles. The minimum Gasteiger partial charge on any atom is -0.268 e. The highest BCUT2D eigenvalue weighted by Crippen LogP contribution is 2.54. The van der Waals surface area contributed by atoms with Crippen LogP contribution in [-0.4, -0.2) is 32.0 Å². The molecular weight excluding hydrogens is 918 g/mol. The first-order chi connectivity index (χ1) is 22.8. The Bertz CT molecular complexity index is 2320. The normalized spacial score (nSPS) is 14.4. The molecule has 21 heteroatoms. The number of hydrogen-bond acceptors (Lipinski definition) is 6. The number of carbonyl (C=O) groups excluding carboxylic acids is 4. The molecular formula is C28H4Cl12N2O6S. The monoisotopic (exact) mass is 916 g/mol. The van der Waals surface area contributed by atoms with Crippen LogP contribution < -0.4 is 9.80 Å². The van der Waals surface area contributed by atoms with Crippen LogP contribution in [0.3, 0.4) is 0 Å². The van der Waals surface area contributed by atoms with Crippen molar-refractivity contribution in [2.45, 2.75) is 9.79 Å². The van der Waals surface area contributed by atoms with Crippen LogP contribution in [0.2, 0.25) is 60.3 Å². The summed E-state index contributed by atoms with van der Waals surface area (Å²) in [4.78, 5) is 55.2. The summed E-state index contributed by atoms with van der Waals surface area (Å²) in [6, 6.07) is 4.56. The summed E-state index contributed by atoms with van der Waals surface area (Å²) in [5.74, 6) is -4.95. The third-order valence-electron chi connectivity index (χ3n) is 7.25. The Labute approximate surface area is 334 Å². The molecule has 0 bridgehead atoms. The van der Waals surface area contributed by atoms with Gasteiger partial charge in [-0.15, -0.1) is 0 Å². The Morgan fingerprint density at radius 1 is 0.429 bits per heavy atom. The number of fused-ring (bicyclic) bond motifs is 2. The highest BCUT2D eigenvalue weighted by atomic mass is 35.5. The van der Waals surface area contributed by atoms with Crippen LogP contribution in [0.25, 0.3) is 0 Å². The fraction of sp³-hybridized carbons (Fsp3) is 0. The second-order valence-electron chi connectivity index (χ2n) is 9.83. The second-order valence-corrected chi connectivity index (χ2v) is 16.3. The van der Waals surface area contributed by atoms with Crippen LogP contribution in [0.15, 0.2) is 34.1 Å². The topological polar surface area (TPSA) is 109 Å². The van der Waals surface area contributed by atoms with Crippen LogP contribution in [-0.2, 0) is 9.84 Å². The van der Waals surface area contributed by atoms with Crippen molar-refractivity contribution in [3.63, 3.8) is 0 Å². The first-order valence-electron chi connectivity index (χ1n) is 12.5. The number of hydrogen-bond donors (Lipinski definition) is 0. The summed E-state index contributed by atoms with van der Waals surface area (Å²) in [7, 11) is -4.93. The molecule has 0 saturated heterocycles. The summed E-state index contributed by atoms with van der Waals surface area (Å²) in [6.45, 7) is 0. The Hall–Kier alpha value is -1.41. The molecule has 0 radical (unpaired) electrons. The second kappa shape index (κ2) is 12.9. The van der Waals surface area contributed by atoms with Gasteiger partial charge in [-0.05, 0) is 18.2 Å². The molecule has 49 heavy (non-hydrogen) atoms. The van der Waals surface area contributed by atoms with Gasteiger partial charge in [0.05, 0.1) is 93.9 Å². The van der Waals surface area contributed by atoms with E-state index in [4.69, 9.17) is 139 Å². The van der Waals surface area contributed by atoms with Gasteiger partial charge in [0.25, 0.3) is 23.6 Å². The molecule has 0 atom stereocenters. The Kier molecular flexibility index (Phi) is 9.84. The van der Waals surface area contributed by atoms with E-state index in [1.165, 1.54) is 18.2 Å². The quantitative estimate of drug-likeness (QED) is 0.115. The number of rotatable bonds is 4. The van der Waals surface area contributed by atoms with Crippen molar-refractivity contribution >= 4 is 184 Å². The van der Waals surface area contributed by atoms with Crippen molar-refractivity contribution in [2.24, 2.45) is 0 Å². The van der Waals surface area contributed by atoms with Gasteiger partial charge in [0.1, 0.15) is 9.79 Å². The van der Waals surface area contributed by atoms with Crippen molar-refractivity contribution < 1.29 is 27.6 Å². The summed E-state index contributed by atoms with van der Waals surface area (Å²) in [5, 5.41) is -5.87.